The number of aryl methyl sites for hydroxylation is 1. The number of carbonyl (C=O) groups is 1. The second-order valence-corrected chi connectivity index (χ2v) is 6.43. The average Bonchev–Trinajstić information content (AvgIpc) is 2.63. The number of hydrogen-bond donors (Lipinski definition) is 0. The Hall–Kier alpha value is -2.27. The topological polar surface area (TPSA) is 49.3 Å². The summed E-state index contributed by atoms with van der Waals surface area (Å²) < 4.78 is 0. The van der Waals surface area contributed by atoms with Crippen LogP contribution in [0.4, 0.5) is 0 Å². The highest BCUT2D eigenvalue weighted by atomic mass is 16.2. The zero-order valence-corrected chi connectivity index (χ0v) is 15.3. The lowest BCUT2D eigenvalue weighted by molar-refractivity contribution is -0.137. The number of likely N-dealkylation sites (N-methyl/N-ethyl adjacent to an activating group) is 1. The van der Waals surface area contributed by atoms with E-state index in [0.29, 0.717) is 6.54 Å². The first-order chi connectivity index (χ1) is 12.1. The van der Waals surface area contributed by atoms with Crippen LogP contribution in [0.3, 0.4) is 0 Å². The van der Waals surface area contributed by atoms with Crippen molar-refractivity contribution >= 4 is 5.91 Å². The van der Waals surface area contributed by atoms with Crippen LogP contribution in [0.1, 0.15) is 42.5 Å². The van der Waals surface area contributed by atoms with Crippen molar-refractivity contribution < 1.29 is 4.79 Å². The fourth-order valence-corrected chi connectivity index (χ4v) is 3.50. The summed E-state index contributed by atoms with van der Waals surface area (Å²) in [6, 6.07) is 9.83. The number of aromatic nitrogens is 2. The van der Waals surface area contributed by atoms with Gasteiger partial charge in [0.15, 0.2) is 0 Å². The molecule has 0 saturated heterocycles. The SMILES string of the molecule is CCN(CC)C(=O)C(c1ccccc1)N1CCc2cnc(C)nc2C1. The molecule has 5 nitrogen and oxygen atoms in total. The van der Waals surface area contributed by atoms with E-state index in [1.807, 2.05) is 62.2 Å². The van der Waals surface area contributed by atoms with Crippen molar-refractivity contribution in [3.8, 4) is 0 Å². The number of rotatable bonds is 5. The Kier molecular flexibility index (Phi) is 5.43. The molecule has 0 saturated carbocycles. The van der Waals surface area contributed by atoms with Crippen LogP contribution in [-0.2, 0) is 17.8 Å². The van der Waals surface area contributed by atoms with Crippen LogP contribution < -0.4 is 0 Å². The van der Waals surface area contributed by atoms with E-state index in [1.54, 1.807) is 0 Å². The van der Waals surface area contributed by atoms with E-state index < -0.39 is 0 Å². The van der Waals surface area contributed by atoms with Gasteiger partial charge in [-0.1, -0.05) is 30.3 Å². The zero-order valence-electron chi connectivity index (χ0n) is 15.3. The molecule has 0 aliphatic carbocycles. The molecule has 0 radical (unpaired) electrons. The Morgan fingerprint density at radius 1 is 1.24 bits per heavy atom. The molecule has 0 spiro atoms. The molecule has 3 rings (SSSR count). The van der Waals surface area contributed by atoms with Gasteiger partial charge in [-0.15, -0.1) is 0 Å². The quantitative estimate of drug-likeness (QED) is 0.841. The molecule has 1 aliphatic heterocycles. The van der Waals surface area contributed by atoms with Crippen LogP contribution >= 0.6 is 0 Å². The van der Waals surface area contributed by atoms with Gasteiger partial charge in [-0.05, 0) is 38.3 Å². The van der Waals surface area contributed by atoms with Crippen molar-refractivity contribution in [3.05, 3.63) is 59.2 Å². The maximum Gasteiger partial charge on any atom is 0.244 e. The van der Waals surface area contributed by atoms with Crippen LogP contribution in [0, 0.1) is 6.92 Å². The minimum atomic E-state index is -0.260. The van der Waals surface area contributed by atoms with Crippen LogP contribution in [0.15, 0.2) is 36.5 Å². The van der Waals surface area contributed by atoms with E-state index in [1.165, 1.54) is 5.56 Å². The van der Waals surface area contributed by atoms with Crippen molar-refractivity contribution in [1.29, 1.82) is 0 Å². The van der Waals surface area contributed by atoms with E-state index in [4.69, 9.17) is 0 Å². The van der Waals surface area contributed by atoms with Gasteiger partial charge in [-0.3, -0.25) is 9.69 Å². The summed E-state index contributed by atoms with van der Waals surface area (Å²) in [4.78, 5) is 26.3. The summed E-state index contributed by atoms with van der Waals surface area (Å²) in [7, 11) is 0. The molecule has 5 heteroatoms. The summed E-state index contributed by atoms with van der Waals surface area (Å²) in [5, 5.41) is 0. The summed E-state index contributed by atoms with van der Waals surface area (Å²) in [6.07, 6.45) is 2.81. The standard InChI is InChI=1S/C20H26N4O/c1-4-23(5-2)20(25)19(16-9-7-6-8-10-16)24-12-11-17-13-21-15(3)22-18(17)14-24/h6-10,13,19H,4-5,11-12,14H2,1-3H3. The predicted octanol–water partition coefficient (Wildman–Crippen LogP) is 2.75. The van der Waals surface area contributed by atoms with Gasteiger partial charge in [0.05, 0.1) is 5.69 Å². The van der Waals surface area contributed by atoms with Gasteiger partial charge in [-0.2, -0.15) is 0 Å². The van der Waals surface area contributed by atoms with Gasteiger partial charge >= 0.3 is 0 Å². The maximum atomic E-state index is 13.2. The summed E-state index contributed by atoms with van der Waals surface area (Å²) >= 11 is 0. The lowest BCUT2D eigenvalue weighted by Gasteiger charge is -2.36. The van der Waals surface area contributed by atoms with E-state index in [-0.39, 0.29) is 11.9 Å². The molecule has 25 heavy (non-hydrogen) atoms. The molecule has 0 fully saturated rings. The fourth-order valence-electron chi connectivity index (χ4n) is 3.50. The van der Waals surface area contributed by atoms with Gasteiger partial charge in [0.2, 0.25) is 5.91 Å². The summed E-state index contributed by atoms with van der Waals surface area (Å²) in [5.41, 5.74) is 3.30. The predicted molar refractivity (Wildman–Crippen MR) is 98.0 cm³/mol. The first kappa shape index (κ1) is 17.5. The number of fused-ring (bicyclic) bond motifs is 1. The highest BCUT2D eigenvalue weighted by molar-refractivity contribution is 5.83. The van der Waals surface area contributed by atoms with E-state index >= 15 is 0 Å². The largest absolute Gasteiger partial charge is 0.342 e. The Morgan fingerprint density at radius 3 is 2.64 bits per heavy atom. The molecule has 2 aromatic rings. The number of benzene rings is 1. The Labute approximate surface area is 149 Å². The molecule has 1 aromatic carbocycles. The first-order valence-corrected chi connectivity index (χ1v) is 9.03. The molecule has 1 aliphatic rings. The van der Waals surface area contributed by atoms with Crippen molar-refractivity contribution in [1.82, 2.24) is 19.8 Å². The van der Waals surface area contributed by atoms with E-state index in [0.717, 1.165) is 43.1 Å². The molecule has 2 heterocycles. The average molecular weight is 338 g/mol. The fraction of sp³-hybridized carbons (Fsp3) is 0.450. The zero-order chi connectivity index (χ0) is 17.8. The second-order valence-electron chi connectivity index (χ2n) is 6.43. The molecule has 1 unspecified atom stereocenters. The van der Waals surface area contributed by atoms with Gasteiger partial charge in [0, 0.05) is 32.4 Å². The van der Waals surface area contributed by atoms with Gasteiger partial charge in [0.1, 0.15) is 11.9 Å². The normalized spacial score (nSPS) is 15.5. The minimum Gasteiger partial charge on any atom is -0.342 e. The van der Waals surface area contributed by atoms with Crippen molar-refractivity contribution in [2.45, 2.75) is 39.8 Å². The number of carbonyl (C=O) groups excluding carboxylic acids is 1. The molecule has 1 atom stereocenters. The van der Waals surface area contributed by atoms with Crippen LogP contribution in [0.25, 0.3) is 0 Å². The van der Waals surface area contributed by atoms with Gasteiger partial charge in [0.25, 0.3) is 0 Å². The third kappa shape index (κ3) is 3.71. The molecule has 1 amide bonds. The monoisotopic (exact) mass is 338 g/mol. The number of amides is 1. The molecule has 1 aromatic heterocycles. The molecule has 0 bridgehead atoms. The van der Waals surface area contributed by atoms with Crippen molar-refractivity contribution in [2.75, 3.05) is 19.6 Å². The van der Waals surface area contributed by atoms with E-state index in [2.05, 4.69) is 14.9 Å². The molecule has 0 N–H and O–H groups in total. The lowest BCUT2D eigenvalue weighted by Crippen LogP contribution is -2.45. The Balaban J connectivity index is 1.94. The van der Waals surface area contributed by atoms with E-state index in [9.17, 15) is 4.79 Å². The second kappa shape index (κ2) is 7.74. The third-order valence-corrected chi connectivity index (χ3v) is 4.89. The van der Waals surface area contributed by atoms with Crippen molar-refractivity contribution in [2.24, 2.45) is 0 Å². The Morgan fingerprint density at radius 2 is 1.96 bits per heavy atom. The summed E-state index contributed by atoms with van der Waals surface area (Å²) in [5.74, 6) is 0.956. The van der Waals surface area contributed by atoms with Crippen LogP contribution in [0.5, 0.6) is 0 Å². The van der Waals surface area contributed by atoms with Gasteiger partial charge < -0.3 is 4.90 Å². The third-order valence-electron chi connectivity index (χ3n) is 4.89. The number of nitrogens with zero attached hydrogens (tertiary/aromatic N) is 4. The smallest absolute Gasteiger partial charge is 0.244 e. The maximum absolute atomic E-state index is 13.2. The van der Waals surface area contributed by atoms with Gasteiger partial charge in [-0.25, -0.2) is 9.97 Å². The molecular formula is C20H26N4O. The highest BCUT2D eigenvalue weighted by Crippen LogP contribution is 2.28. The lowest BCUT2D eigenvalue weighted by atomic mass is 9.99. The molecular weight excluding hydrogens is 312 g/mol. The summed E-state index contributed by atoms with van der Waals surface area (Å²) in [6.45, 7) is 8.96. The first-order valence-electron chi connectivity index (χ1n) is 9.03. The minimum absolute atomic E-state index is 0.172. The van der Waals surface area contributed by atoms with Crippen LogP contribution in [-0.4, -0.2) is 45.3 Å². The Bertz CT molecular complexity index is 728. The highest BCUT2D eigenvalue weighted by Gasteiger charge is 2.33. The van der Waals surface area contributed by atoms with Crippen molar-refractivity contribution in [3.63, 3.8) is 0 Å². The number of hydrogen-bond acceptors (Lipinski definition) is 4. The van der Waals surface area contributed by atoms with Crippen LogP contribution in [0.2, 0.25) is 0 Å². The molecule has 132 valence electrons.